The highest BCUT2D eigenvalue weighted by Gasteiger charge is 2.17. The van der Waals surface area contributed by atoms with Crippen LogP contribution in [0.25, 0.3) is 0 Å². The van der Waals surface area contributed by atoms with E-state index in [1.54, 1.807) is 25.5 Å². The highest BCUT2D eigenvalue weighted by Crippen LogP contribution is 2.31. The minimum absolute atomic E-state index is 0.115. The molecule has 0 aliphatic rings. The van der Waals surface area contributed by atoms with Gasteiger partial charge in [0.25, 0.3) is 0 Å². The quantitative estimate of drug-likeness (QED) is 0.400. The van der Waals surface area contributed by atoms with Crippen LogP contribution in [0.2, 0.25) is 0 Å². The van der Waals surface area contributed by atoms with Crippen molar-refractivity contribution in [3.63, 3.8) is 0 Å². The number of rotatable bonds is 6. The molecule has 3 rings (SSSR count). The van der Waals surface area contributed by atoms with E-state index in [0.29, 0.717) is 23.8 Å². The molecule has 0 atom stereocenters. The van der Waals surface area contributed by atoms with Gasteiger partial charge in [0.05, 0.1) is 12.8 Å². The van der Waals surface area contributed by atoms with E-state index in [1.165, 1.54) is 34.4 Å². The number of benzene rings is 3. The number of halogens is 1. The van der Waals surface area contributed by atoms with Crippen LogP contribution in [-0.4, -0.2) is 13.3 Å². The van der Waals surface area contributed by atoms with Crippen LogP contribution in [-0.2, 0) is 12.0 Å². The zero-order chi connectivity index (χ0) is 22.6. The topological polar surface area (TPSA) is 30.8 Å². The van der Waals surface area contributed by atoms with E-state index >= 15 is 0 Å². The predicted octanol–water partition coefficient (Wildman–Crippen LogP) is 7.08. The van der Waals surface area contributed by atoms with Crippen molar-refractivity contribution in [1.82, 2.24) is 0 Å². The van der Waals surface area contributed by atoms with Crippen LogP contribution in [0.3, 0.4) is 0 Å². The summed E-state index contributed by atoms with van der Waals surface area (Å²) in [6, 6.07) is 16.2. The highest BCUT2D eigenvalue weighted by atomic mass is 19.1. The Hall–Kier alpha value is -3.14. The van der Waals surface area contributed by atoms with Crippen LogP contribution in [0.15, 0.2) is 59.6 Å². The summed E-state index contributed by atoms with van der Waals surface area (Å²) in [4.78, 5) is 4.38. The van der Waals surface area contributed by atoms with Crippen molar-refractivity contribution in [2.24, 2.45) is 4.99 Å². The van der Waals surface area contributed by atoms with Gasteiger partial charge in [-0.05, 0) is 89.5 Å². The van der Waals surface area contributed by atoms with Crippen LogP contribution in [0.1, 0.15) is 48.6 Å². The second-order valence-corrected chi connectivity index (χ2v) is 8.77. The Bertz CT molecular complexity index is 1060. The van der Waals surface area contributed by atoms with Gasteiger partial charge in [-0.2, -0.15) is 0 Å². The summed E-state index contributed by atoms with van der Waals surface area (Å²) in [7, 11) is 1.62. The molecule has 0 saturated heterocycles. The Balaban J connectivity index is 1.76. The first-order valence-corrected chi connectivity index (χ1v) is 10.4. The van der Waals surface area contributed by atoms with E-state index in [9.17, 15) is 4.39 Å². The number of aryl methyl sites for hydroxylation is 2. The minimum atomic E-state index is -0.277. The first-order valence-electron chi connectivity index (χ1n) is 10.4. The van der Waals surface area contributed by atoms with E-state index in [0.717, 1.165) is 5.56 Å². The van der Waals surface area contributed by atoms with Crippen molar-refractivity contribution in [2.75, 3.05) is 7.11 Å². The molecule has 31 heavy (non-hydrogen) atoms. The number of ether oxygens (including phenoxy) is 2. The van der Waals surface area contributed by atoms with E-state index in [1.807, 2.05) is 18.2 Å². The number of nitrogens with zero attached hydrogens (tertiary/aromatic N) is 1. The smallest absolute Gasteiger partial charge is 0.161 e. The van der Waals surface area contributed by atoms with Gasteiger partial charge in [-0.1, -0.05) is 32.9 Å². The zero-order valence-electron chi connectivity index (χ0n) is 19.1. The maximum absolute atomic E-state index is 13.0. The Labute approximate surface area is 184 Å². The van der Waals surface area contributed by atoms with Crippen LogP contribution in [0, 0.1) is 19.7 Å². The van der Waals surface area contributed by atoms with Gasteiger partial charge in [0.2, 0.25) is 0 Å². The molecule has 0 spiro atoms. The van der Waals surface area contributed by atoms with Gasteiger partial charge in [0.1, 0.15) is 12.4 Å². The Kier molecular flexibility index (Phi) is 6.79. The summed E-state index contributed by atoms with van der Waals surface area (Å²) < 4.78 is 24.7. The molecule has 0 unspecified atom stereocenters. The summed E-state index contributed by atoms with van der Waals surface area (Å²) in [5.74, 6) is 1.05. The normalized spacial score (nSPS) is 11.7. The third-order valence-corrected chi connectivity index (χ3v) is 5.31. The van der Waals surface area contributed by atoms with Gasteiger partial charge in [0, 0.05) is 6.21 Å². The SMILES string of the molecule is COc1cc(C=Nc2ccc(F)cc2)ccc1OCc1c(C)cc(C(C)(C)C)cc1C. The fourth-order valence-electron chi connectivity index (χ4n) is 3.36. The maximum Gasteiger partial charge on any atom is 0.161 e. The minimum Gasteiger partial charge on any atom is -0.493 e. The van der Waals surface area contributed by atoms with E-state index < -0.39 is 0 Å². The van der Waals surface area contributed by atoms with Crippen LogP contribution in [0.4, 0.5) is 10.1 Å². The molecule has 0 aromatic heterocycles. The fourth-order valence-corrected chi connectivity index (χ4v) is 3.36. The number of hydrogen-bond acceptors (Lipinski definition) is 3. The van der Waals surface area contributed by atoms with Crippen molar-refractivity contribution in [3.05, 3.63) is 88.2 Å². The molecule has 0 fully saturated rings. The molecule has 0 heterocycles. The molecule has 162 valence electrons. The fraction of sp³-hybridized carbons (Fsp3) is 0.296. The standard InChI is InChI=1S/C27H30FNO2/c1-18-13-21(27(3,4)5)14-19(2)24(18)17-31-25-12-7-20(15-26(25)30-6)16-29-23-10-8-22(28)9-11-23/h7-16H,17H2,1-6H3. The molecular formula is C27H30FNO2. The maximum atomic E-state index is 13.0. The highest BCUT2D eigenvalue weighted by molar-refractivity contribution is 5.83. The number of aliphatic imine (C=N–C) groups is 1. The molecule has 3 nitrogen and oxygen atoms in total. The van der Waals surface area contributed by atoms with Crippen molar-refractivity contribution < 1.29 is 13.9 Å². The summed E-state index contributed by atoms with van der Waals surface area (Å²) >= 11 is 0. The monoisotopic (exact) mass is 419 g/mol. The molecule has 4 heteroatoms. The van der Waals surface area contributed by atoms with Gasteiger partial charge < -0.3 is 9.47 Å². The Morgan fingerprint density at radius 3 is 2.13 bits per heavy atom. The molecule has 0 bridgehead atoms. The van der Waals surface area contributed by atoms with Gasteiger partial charge in [-0.15, -0.1) is 0 Å². The van der Waals surface area contributed by atoms with Crippen molar-refractivity contribution in [1.29, 1.82) is 0 Å². The summed E-state index contributed by atoms with van der Waals surface area (Å²) in [5, 5.41) is 0. The molecule has 0 radical (unpaired) electrons. The van der Waals surface area contributed by atoms with Gasteiger partial charge in [0.15, 0.2) is 11.5 Å². The van der Waals surface area contributed by atoms with E-state index in [-0.39, 0.29) is 11.2 Å². The van der Waals surface area contributed by atoms with Crippen molar-refractivity contribution in [3.8, 4) is 11.5 Å². The Morgan fingerprint density at radius 1 is 0.903 bits per heavy atom. The Morgan fingerprint density at radius 2 is 1.55 bits per heavy atom. The molecule has 3 aromatic rings. The lowest BCUT2D eigenvalue weighted by Crippen LogP contribution is -2.13. The molecule has 3 aromatic carbocycles. The van der Waals surface area contributed by atoms with Crippen LogP contribution in [0.5, 0.6) is 11.5 Å². The number of hydrogen-bond donors (Lipinski definition) is 0. The first-order chi connectivity index (χ1) is 14.7. The lowest BCUT2D eigenvalue weighted by atomic mass is 9.84. The van der Waals surface area contributed by atoms with Gasteiger partial charge >= 0.3 is 0 Å². The van der Waals surface area contributed by atoms with Gasteiger partial charge in [-0.3, -0.25) is 4.99 Å². The summed E-state index contributed by atoms with van der Waals surface area (Å²) in [6.07, 6.45) is 1.72. The zero-order valence-corrected chi connectivity index (χ0v) is 19.1. The molecular weight excluding hydrogens is 389 g/mol. The van der Waals surface area contributed by atoms with E-state index in [4.69, 9.17) is 9.47 Å². The van der Waals surface area contributed by atoms with E-state index in [2.05, 4.69) is 51.7 Å². The predicted molar refractivity (Wildman–Crippen MR) is 126 cm³/mol. The molecule has 0 aliphatic heterocycles. The van der Waals surface area contributed by atoms with Crippen molar-refractivity contribution in [2.45, 2.75) is 46.6 Å². The molecule has 0 saturated carbocycles. The second-order valence-electron chi connectivity index (χ2n) is 8.77. The molecule has 0 amide bonds. The average Bonchev–Trinajstić information content (AvgIpc) is 2.72. The lowest BCUT2D eigenvalue weighted by molar-refractivity contribution is 0.283. The molecule has 0 aliphatic carbocycles. The summed E-state index contributed by atoms with van der Waals surface area (Å²) in [6.45, 7) is 11.4. The second kappa shape index (κ2) is 9.34. The van der Waals surface area contributed by atoms with Crippen LogP contribution >= 0.6 is 0 Å². The van der Waals surface area contributed by atoms with Crippen LogP contribution < -0.4 is 9.47 Å². The first kappa shape index (κ1) is 22.5. The summed E-state index contributed by atoms with van der Waals surface area (Å²) in [5.41, 5.74) is 6.65. The van der Waals surface area contributed by atoms with Gasteiger partial charge in [-0.25, -0.2) is 4.39 Å². The third-order valence-electron chi connectivity index (χ3n) is 5.31. The molecule has 0 N–H and O–H groups in total. The number of methoxy groups -OCH3 is 1. The third kappa shape index (κ3) is 5.72. The van der Waals surface area contributed by atoms with Crippen molar-refractivity contribution >= 4 is 11.9 Å². The largest absolute Gasteiger partial charge is 0.493 e. The average molecular weight is 420 g/mol. The lowest BCUT2D eigenvalue weighted by Gasteiger charge is -2.22.